The fourth-order valence-electron chi connectivity index (χ4n) is 2.73. The number of carbonyl (C=O) groups is 3. The van der Waals surface area contributed by atoms with Crippen LogP contribution in [-0.2, 0) is 19.1 Å². The number of rotatable bonds is 10. The molecule has 0 aromatic carbocycles. The van der Waals surface area contributed by atoms with Gasteiger partial charge in [0.05, 0.1) is 25.6 Å². The largest absolute Gasteiger partial charge is 0.481 e. The minimum Gasteiger partial charge on any atom is -0.481 e. The quantitative estimate of drug-likeness (QED) is 0.181. The molecule has 12 heteroatoms. The maximum Gasteiger partial charge on any atom is 0.326 e. The lowest BCUT2D eigenvalue weighted by molar-refractivity contribution is -0.318. The first-order valence-corrected chi connectivity index (χ1v) is 8.81. The van der Waals surface area contributed by atoms with Crippen LogP contribution in [0.3, 0.4) is 0 Å². The first-order valence-electron chi connectivity index (χ1n) is 8.81. The second kappa shape index (κ2) is 10.1. The first-order chi connectivity index (χ1) is 12.9. The minimum absolute atomic E-state index is 0.362. The fourth-order valence-corrected chi connectivity index (χ4v) is 2.73. The topological polar surface area (TPSA) is 206 Å². The maximum absolute atomic E-state index is 12.5. The summed E-state index contributed by atoms with van der Waals surface area (Å²) in [7, 11) is 0. The van der Waals surface area contributed by atoms with E-state index in [0.29, 0.717) is 6.42 Å². The normalized spacial score (nSPS) is 30.9. The molecule has 162 valence electrons. The van der Waals surface area contributed by atoms with Crippen LogP contribution in [0, 0.1) is 5.92 Å². The Kier molecular flexibility index (Phi) is 8.73. The molecular formula is C16H28N2O10. The van der Waals surface area contributed by atoms with E-state index >= 15 is 0 Å². The molecule has 0 radical (unpaired) electrons. The van der Waals surface area contributed by atoms with Crippen LogP contribution in [-0.4, -0.2) is 97.8 Å². The van der Waals surface area contributed by atoms with Crippen molar-refractivity contribution in [3.8, 4) is 0 Å². The predicted molar refractivity (Wildman–Crippen MR) is 92.0 cm³/mol. The number of aliphatic hydroxyl groups excluding tert-OH is 3. The summed E-state index contributed by atoms with van der Waals surface area (Å²) in [5.41, 5.74) is 0. The Morgan fingerprint density at radius 1 is 1.21 bits per heavy atom. The highest BCUT2D eigenvalue weighted by molar-refractivity contribution is 5.89. The molecule has 1 aliphatic rings. The molecule has 1 aliphatic heterocycles. The lowest BCUT2D eigenvalue weighted by atomic mass is 9.94. The van der Waals surface area contributed by atoms with Crippen LogP contribution in [0.4, 0.5) is 0 Å². The molecule has 8 N–H and O–H groups in total. The molecule has 0 aromatic heterocycles. The second-order valence-corrected chi connectivity index (χ2v) is 6.90. The Bertz CT molecular complexity index is 574. The van der Waals surface area contributed by atoms with E-state index in [1.54, 1.807) is 13.8 Å². The maximum atomic E-state index is 12.5. The van der Waals surface area contributed by atoms with Gasteiger partial charge in [-0.2, -0.15) is 0 Å². The predicted octanol–water partition coefficient (Wildman–Crippen LogP) is -3.16. The molecule has 1 saturated heterocycles. The van der Waals surface area contributed by atoms with Gasteiger partial charge in [-0.25, -0.2) is 4.79 Å². The van der Waals surface area contributed by atoms with Crippen molar-refractivity contribution >= 4 is 17.8 Å². The summed E-state index contributed by atoms with van der Waals surface area (Å²) in [4.78, 5) is 34.4. The van der Waals surface area contributed by atoms with Gasteiger partial charge in [-0.3, -0.25) is 9.59 Å². The number of carbonyl (C=O) groups excluding carboxylic acids is 1. The van der Waals surface area contributed by atoms with Crippen molar-refractivity contribution in [2.45, 2.75) is 62.9 Å². The molecule has 1 rings (SSSR count). The van der Waals surface area contributed by atoms with E-state index in [1.807, 2.05) is 0 Å². The fraction of sp³-hybridized carbons (Fsp3) is 0.812. The molecule has 28 heavy (non-hydrogen) atoms. The summed E-state index contributed by atoms with van der Waals surface area (Å²) >= 11 is 0. The SMILES string of the molecule is CC[C@H](C)[C@H](NCC1(O)OCC(O)C(O)C1O)C(=O)N[C@@H](CC(=O)O)C(=O)O. The van der Waals surface area contributed by atoms with Gasteiger partial charge < -0.3 is 46.0 Å². The summed E-state index contributed by atoms with van der Waals surface area (Å²) in [6.45, 7) is 2.47. The van der Waals surface area contributed by atoms with Gasteiger partial charge in [-0.1, -0.05) is 20.3 Å². The highest BCUT2D eigenvalue weighted by Crippen LogP contribution is 2.24. The van der Waals surface area contributed by atoms with Crippen molar-refractivity contribution in [1.29, 1.82) is 0 Å². The average Bonchev–Trinajstić information content (AvgIpc) is 2.62. The van der Waals surface area contributed by atoms with Gasteiger partial charge in [-0.15, -0.1) is 0 Å². The number of aliphatic hydroxyl groups is 4. The Balaban J connectivity index is 2.86. The third-order valence-electron chi connectivity index (χ3n) is 4.75. The van der Waals surface area contributed by atoms with Gasteiger partial charge >= 0.3 is 11.9 Å². The third-order valence-corrected chi connectivity index (χ3v) is 4.75. The average molecular weight is 408 g/mol. The van der Waals surface area contributed by atoms with Crippen molar-refractivity contribution in [3.05, 3.63) is 0 Å². The highest BCUT2D eigenvalue weighted by Gasteiger charge is 2.48. The molecule has 1 heterocycles. The smallest absolute Gasteiger partial charge is 0.326 e. The van der Waals surface area contributed by atoms with Crippen molar-refractivity contribution in [1.82, 2.24) is 10.6 Å². The number of hydrogen-bond donors (Lipinski definition) is 8. The van der Waals surface area contributed by atoms with Crippen LogP contribution in [0.2, 0.25) is 0 Å². The first kappa shape index (κ1) is 24.2. The Labute approximate surface area is 161 Å². The molecule has 0 aliphatic carbocycles. The lowest BCUT2D eigenvalue weighted by Gasteiger charge is -2.42. The zero-order valence-corrected chi connectivity index (χ0v) is 15.6. The van der Waals surface area contributed by atoms with Crippen LogP contribution in [0.1, 0.15) is 26.7 Å². The highest BCUT2D eigenvalue weighted by atomic mass is 16.6. The van der Waals surface area contributed by atoms with Gasteiger partial charge in [0.15, 0.2) is 0 Å². The molecule has 7 atom stereocenters. The molecular weight excluding hydrogens is 380 g/mol. The number of ether oxygens (including phenoxy) is 1. The zero-order valence-electron chi connectivity index (χ0n) is 15.6. The van der Waals surface area contributed by atoms with Crippen molar-refractivity contribution in [2.24, 2.45) is 5.92 Å². The van der Waals surface area contributed by atoms with E-state index in [-0.39, 0.29) is 5.92 Å². The Morgan fingerprint density at radius 3 is 2.32 bits per heavy atom. The molecule has 0 aromatic rings. The van der Waals surface area contributed by atoms with Crippen LogP contribution in [0.15, 0.2) is 0 Å². The monoisotopic (exact) mass is 408 g/mol. The van der Waals surface area contributed by atoms with E-state index < -0.39 is 73.6 Å². The molecule has 1 fully saturated rings. The Morgan fingerprint density at radius 2 is 1.82 bits per heavy atom. The summed E-state index contributed by atoms with van der Waals surface area (Å²) in [6.07, 6.45) is -5.25. The molecule has 0 bridgehead atoms. The standard InChI is InChI=1S/C16H28N2O10/c1-3-7(2)11(14(24)18-8(15(25)26)4-10(20)21)17-6-16(27)13(23)12(22)9(19)5-28-16/h7-9,11-13,17,19,22-23,27H,3-6H2,1-2H3,(H,18,24)(H,20,21)(H,25,26)/t7-,8-,9?,11-,12?,13?,16?/m0/s1. The van der Waals surface area contributed by atoms with Gasteiger partial charge in [0.25, 0.3) is 0 Å². The van der Waals surface area contributed by atoms with Crippen LogP contribution < -0.4 is 10.6 Å². The van der Waals surface area contributed by atoms with Gasteiger partial charge in [0, 0.05) is 0 Å². The second-order valence-electron chi connectivity index (χ2n) is 6.90. The number of amides is 1. The van der Waals surface area contributed by atoms with E-state index in [4.69, 9.17) is 14.9 Å². The number of aliphatic carboxylic acids is 2. The molecule has 4 unspecified atom stereocenters. The zero-order chi connectivity index (χ0) is 21.6. The number of nitrogens with one attached hydrogen (secondary N) is 2. The number of carboxylic acids is 2. The van der Waals surface area contributed by atoms with Crippen LogP contribution >= 0.6 is 0 Å². The van der Waals surface area contributed by atoms with E-state index in [1.165, 1.54) is 0 Å². The lowest BCUT2D eigenvalue weighted by Crippen LogP contribution is -2.66. The van der Waals surface area contributed by atoms with Crippen LogP contribution in [0.5, 0.6) is 0 Å². The summed E-state index contributed by atoms with van der Waals surface area (Å²) in [5, 5.41) is 62.2. The van der Waals surface area contributed by atoms with Crippen molar-refractivity contribution in [2.75, 3.05) is 13.2 Å². The summed E-state index contributed by atoms with van der Waals surface area (Å²) < 4.78 is 5.01. The van der Waals surface area contributed by atoms with Crippen molar-refractivity contribution < 1.29 is 49.8 Å². The Hall–Kier alpha value is -1.83. The summed E-state index contributed by atoms with van der Waals surface area (Å²) in [6, 6.07) is -2.70. The van der Waals surface area contributed by atoms with Crippen molar-refractivity contribution in [3.63, 3.8) is 0 Å². The van der Waals surface area contributed by atoms with E-state index in [9.17, 15) is 34.8 Å². The van der Waals surface area contributed by atoms with Crippen LogP contribution in [0.25, 0.3) is 0 Å². The summed E-state index contributed by atoms with van der Waals surface area (Å²) in [5.74, 6) is -6.38. The molecule has 0 spiro atoms. The molecule has 12 nitrogen and oxygen atoms in total. The van der Waals surface area contributed by atoms with Gasteiger partial charge in [0.2, 0.25) is 11.7 Å². The van der Waals surface area contributed by atoms with E-state index in [2.05, 4.69) is 10.6 Å². The molecule has 0 saturated carbocycles. The molecule has 1 amide bonds. The number of carboxylic acid groups (broad SMARTS) is 2. The number of hydrogen-bond acceptors (Lipinski definition) is 9. The van der Waals surface area contributed by atoms with E-state index in [0.717, 1.165) is 0 Å². The van der Waals surface area contributed by atoms with Gasteiger partial charge in [0.1, 0.15) is 24.4 Å². The van der Waals surface area contributed by atoms with Gasteiger partial charge in [-0.05, 0) is 5.92 Å². The minimum atomic E-state index is -2.29. The third kappa shape index (κ3) is 6.09.